The smallest absolute Gasteiger partial charge is 0.134 e. The van der Waals surface area contributed by atoms with Crippen molar-refractivity contribution < 1.29 is 0 Å². The van der Waals surface area contributed by atoms with Gasteiger partial charge in [-0.25, -0.2) is 5.43 Å². The van der Waals surface area contributed by atoms with E-state index in [9.17, 15) is 0 Å². The second-order valence-corrected chi connectivity index (χ2v) is 2.40. The molecule has 0 aromatic heterocycles. The molecule has 0 unspecified atom stereocenters. The molecule has 11 heavy (non-hydrogen) atoms. The summed E-state index contributed by atoms with van der Waals surface area (Å²) in [5.41, 5.74) is 6.14. The number of hydrogen-bond acceptors (Lipinski definition) is 4. The van der Waals surface area contributed by atoms with Crippen molar-refractivity contribution in [3.05, 3.63) is 24.2 Å². The molecule has 0 aromatic rings. The van der Waals surface area contributed by atoms with E-state index in [4.69, 9.17) is 0 Å². The van der Waals surface area contributed by atoms with Crippen LogP contribution in [0.25, 0.3) is 0 Å². The summed E-state index contributed by atoms with van der Waals surface area (Å²) in [6, 6.07) is 0. The van der Waals surface area contributed by atoms with Crippen molar-refractivity contribution in [2.45, 2.75) is 0 Å². The van der Waals surface area contributed by atoms with Gasteiger partial charge >= 0.3 is 0 Å². The third-order valence-corrected chi connectivity index (χ3v) is 1.55. The highest BCUT2D eigenvalue weighted by atomic mass is 15.6. The third-order valence-electron chi connectivity index (χ3n) is 1.55. The molecule has 0 fully saturated rings. The molecule has 2 N–H and O–H groups in total. The van der Waals surface area contributed by atoms with Crippen molar-refractivity contribution in [2.24, 2.45) is 0 Å². The van der Waals surface area contributed by atoms with E-state index in [2.05, 4.69) is 10.9 Å². The Balaban J connectivity index is 2.58. The van der Waals surface area contributed by atoms with Gasteiger partial charge in [-0.1, -0.05) is 0 Å². The lowest BCUT2D eigenvalue weighted by Crippen LogP contribution is -2.42. The van der Waals surface area contributed by atoms with Crippen LogP contribution >= 0.6 is 0 Å². The summed E-state index contributed by atoms with van der Waals surface area (Å²) in [5, 5.41) is 3.79. The summed E-state index contributed by atoms with van der Waals surface area (Å²) < 4.78 is 0. The maximum Gasteiger partial charge on any atom is 0.134 e. The van der Waals surface area contributed by atoms with Crippen LogP contribution in [0, 0.1) is 0 Å². The number of rotatable bonds is 2. The van der Waals surface area contributed by atoms with Crippen LogP contribution in [-0.4, -0.2) is 31.2 Å². The molecular formula is C7H14N4. The highest BCUT2D eigenvalue weighted by Crippen LogP contribution is 2.00. The van der Waals surface area contributed by atoms with Crippen LogP contribution in [0.5, 0.6) is 0 Å². The number of hydrazine groups is 2. The molecule has 0 amide bonds. The summed E-state index contributed by atoms with van der Waals surface area (Å²) >= 11 is 0. The minimum atomic E-state index is 1.03. The molecule has 0 bridgehead atoms. The Morgan fingerprint density at radius 3 is 2.91 bits per heavy atom. The van der Waals surface area contributed by atoms with E-state index in [1.165, 1.54) is 0 Å². The molecule has 0 saturated heterocycles. The van der Waals surface area contributed by atoms with Crippen LogP contribution in [0.4, 0.5) is 0 Å². The normalized spacial score (nSPS) is 15.9. The fourth-order valence-corrected chi connectivity index (χ4v) is 0.826. The van der Waals surface area contributed by atoms with Gasteiger partial charge in [-0.2, -0.15) is 0 Å². The van der Waals surface area contributed by atoms with Crippen LogP contribution in [0.2, 0.25) is 0 Å². The molecule has 1 heterocycles. The fourth-order valence-electron chi connectivity index (χ4n) is 0.826. The first kappa shape index (κ1) is 7.94. The van der Waals surface area contributed by atoms with E-state index < -0.39 is 0 Å². The van der Waals surface area contributed by atoms with Crippen molar-refractivity contribution in [3.63, 3.8) is 0 Å². The minimum absolute atomic E-state index is 1.03. The first-order chi connectivity index (χ1) is 5.24. The van der Waals surface area contributed by atoms with E-state index >= 15 is 0 Å². The van der Waals surface area contributed by atoms with E-state index in [0.717, 1.165) is 5.82 Å². The Morgan fingerprint density at radius 1 is 1.64 bits per heavy atom. The van der Waals surface area contributed by atoms with Crippen molar-refractivity contribution in [3.8, 4) is 0 Å². The van der Waals surface area contributed by atoms with Gasteiger partial charge in [-0.3, -0.25) is 15.4 Å². The molecule has 1 rings (SSSR count). The van der Waals surface area contributed by atoms with Crippen molar-refractivity contribution >= 4 is 0 Å². The molecule has 0 atom stereocenters. The third kappa shape index (κ3) is 1.88. The molecule has 1 aliphatic rings. The lowest BCUT2D eigenvalue weighted by atomic mass is 10.4. The van der Waals surface area contributed by atoms with Gasteiger partial charge in [0.1, 0.15) is 5.82 Å². The lowest BCUT2D eigenvalue weighted by Gasteiger charge is -2.28. The number of nitrogens with zero attached hydrogens (tertiary/aromatic N) is 2. The number of nitrogens with one attached hydrogen (secondary N) is 2. The lowest BCUT2D eigenvalue weighted by molar-refractivity contribution is 0.239. The zero-order chi connectivity index (χ0) is 8.27. The van der Waals surface area contributed by atoms with E-state index in [-0.39, 0.29) is 0 Å². The summed E-state index contributed by atoms with van der Waals surface area (Å²) in [6.07, 6.45) is 5.93. The van der Waals surface area contributed by atoms with Crippen LogP contribution in [-0.2, 0) is 0 Å². The van der Waals surface area contributed by atoms with E-state index in [1.807, 2.05) is 49.5 Å². The van der Waals surface area contributed by atoms with Crippen LogP contribution in [0.1, 0.15) is 0 Å². The number of allylic oxidation sites excluding steroid dienone is 2. The summed E-state index contributed by atoms with van der Waals surface area (Å²) in [5.74, 6) is 1.03. The second-order valence-electron chi connectivity index (χ2n) is 2.40. The molecule has 0 spiro atoms. The van der Waals surface area contributed by atoms with Gasteiger partial charge in [0.15, 0.2) is 0 Å². The quantitative estimate of drug-likeness (QED) is 0.542. The van der Waals surface area contributed by atoms with Crippen molar-refractivity contribution in [2.75, 3.05) is 21.1 Å². The Kier molecular flexibility index (Phi) is 2.38. The van der Waals surface area contributed by atoms with Gasteiger partial charge in [0.2, 0.25) is 0 Å². The van der Waals surface area contributed by atoms with E-state index in [1.54, 1.807) is 0 Å². The molecule has 1 aliphatic heterocycles. The summed E-state index contributed by atoms with van der Waals surface area (Å²) in [6.45, 7) is 0. The highest BCUT2D eigenvalue weighted by molar-refractivity contribution is 5.12. The van der Waals surface area contributed by atoms with Gasteiger partial charge in [0.25, 0.3) is 0 Å². The Bertz CT molecular complexity index is 185. The molecule has 62 valence electrons. The average Bonchev–Trinajstić information content (AvgIpc) is 2.03. The van der Waals surface area contributed by atoms with Gasteiger partial charge in [-0.05, 0) is 12.2 Å². The van der Waals surface area contributed by atoms with Gasteiger partial charge in [0.05, 0.1) is 0 Å². The van der Waals surface area contributed by atoms with Crippen LogP contribution in [0.3, 0.4) is 0 Å². The molecule has 4 heteroatoms. The van der Waals surface area contributed by atoms with Gasteiger partial charge < -0.3 is 0 Å². The van der Waals surface area contributed by atoms with Gasteiger partial charge in [0, 0.05) is 27.3 Å². The van der Waals surface area contributed by atoms with Crippen LogP contribution in [0.15, 0.2) is 24.2 Å². The maximum atomic E-state index is 3.14. The molecule has 0 aromatic carbocycles. The first-order valence-corrected chi connectivity index (χ1v) is 3.53. The predicted octanol–water partition coefficient (Wildman–Crippen LogP) is -0.142. The number of hydrogen-bond donors (Lipinski definition) is 2. The summed E-state index contributed by atoms with van der Waals surface area (Å²) in [4.78, 5) is 0. The topological polar surface area (TPSA) is 30.5 Å². The first-order valence-electron chi connectivity index (χ1n) is 3.53. The SMILES string of the molecule is CNN(C)C1=CC=CN(C)N1. The van der Waals surface area contributed by atoms with Crippen molar-refractivity contribution in [1.82, 2.24) is 20.9 Å². The summed E-state index contributed by atoms with van der Waals surface area (Å²) in [7, 11) is 5.78. The average molecular weight is 154 g/mol. The van der Waals surface area contributed by atoms with Crippen molar-refractivity contribution in [1.29, 1.82) is 0 Å². The standard InChI is InChI=1S/C7H14N4/c1-8-11(3)7-5-4-6-10(2)9-7/h4-6,8-9H,1-3H3. The monoisotopic (exact) mass is 154 g/mol. The molecular weight excluding hydrogens is 140 g/mol. The predicted molar refractivity (Wildman–Crippen MR) is 44.9 cm³/mol. The Morgan fingerprint density at radius 2 is 2.36 bits per heavy atom. The van der Waals surface area contributed by atoms with Gasteiger partial charge in [-0.15, -0.1) is 0 Å². The highest BCUT2D eigenvalue weighted by Gasteiger charge is 2.04. The minimum Gasteiger partial charge on any atom is -0.297 e. The zero-order valence-electron chi connectivity index (χ0n) is 7.13. The Hall–Kier alpha value is -1.16. The van der Waals surface area contributed by atoms with Crippen LogP contribution < -0.4 is 10.9 Å². The van der Waals surface area contributed by atoms with E-state index in [0.29, 0.717) is 0 Å². The molecule has 0 aliphatic carbocycles. The Labute approximate surface area is 67.1 Å². The molecule has 4 nitrogen and oxygen atoms in total. The molecule has 0 saturated carbocycles. The zero-order valence-corrected chi connectivity index (χ0v) is 7.13. The fraction of sp³-hybridized carbons (Fsp3) is 0.429. The molecule has 0 radical (unpaired) electrons. The second kappa shape index (κ2) is 3.30. The largest absolute Gasteiger partial charge is 0.297 e. The maximum absolute atomic E-state index is 3.14.